The van der Waals surface area contributed by atoms with Crippen LogP contribution in [0, 0.1) is 0 Å². The second-order valence-electron chi connectivity index (χ2n) is 8.18. The standard InChI is InChI=1S/C26H25BrN2O2/c27-20-11-16-25-24(17-20)26(30)29(28(25)21-9-5-2-6-10-21)22-12-14-23(15-13-22)31-18-19-7-3-1-4-8-19/h1,3-4,7-8,11-17,21H,2,5-6,9-10,18H2. The number of halogens is 1. The maximum absolute atomic E-state index is 13.4. The van der Waals surface area contributed by atoms with E-state index in [0.29, 0.717) is 12.6 Å². The van der Waals surface area contributed by atoms with Crippen molar-refractivity contribution in [3.63, 3.8) is 0 Å². The topological polar surface area (TPSA) is 36.2 Å². The number of rotatable bonds is 5. The van der Waals surface area contributed by atoms with E-state index in [-0.39, 0.29) is 5.56 Å². The van der Waals surface area contributed by atoms with Crippen LogP contribution in [0.15, 0.2) is 82.1 Å². The maximum Gasteiger partial charge on any atom is 0.279 e. The smallest absolute Gasteiger partial charge is 0.279 e. The van der Waals surface area contributed by atoms with Gasteiger partial charge < -0.3 is 4.74 Å². The van der Waals surface area contributed by atoms with Crippen molar-refractivity contribution in [1.29, 1.82) is 0 Å². The van der Waals surface area contributed by atoms with Crippen molar-refractivity contribution in [2.45, 2.75) is 44.8 Å². The summed E-state index contributed by atoms with van der Waals surface area (Å²) in [5.41, 5.74) is 3.03. The summed E-state index contributed by atoms with van der Waals surface area (Å²) in [5, 5.41) is 0.754. The van der Waals surface area contributed by atoms with Gasteiger partial charge in [0.15, 0.2) is 0 Å². The highest BCUT2D eigenvalue weighted by molar-refractivity contribution is 9.10. The van der Waals surface area contributed by atoms with Gasteiger partial charge >= 0.3 is 0 Å². The molecule has 1 aromatic heterocycles. The van der Waals surface area contributed by atoms with Crippen LogP contribution < -0.4 is 10.3 Å². The molecule has 1 saturated carbocycles. The fraction of sp³-hybridized carbons (Fsp3) is 0.269. The monoisotopic (exact) mass is 476 g/mol. The largest absolute Gasteiger partial charge is 0.489 e. The first-order valence-corrected chi connectivity index (χ1v) is 11.7. The summed E-state index contributed by atoms with van der Waals surface area (Å²) in [6.07, 6.45) is 5.91. The van der Waals surface area contributed by atoms with Gasteiger partial charge in [-0.15, -0.1) is 0 Å². The quantitative estimate of drug-likeness (QED) is 0.323. The van der Waals surface area contributed by atoms with Crippen LogP contribution in [-0.4, -0.2) is 9.36 Å². The zero-order valence-corrected chi connectivity index (χ0v) is 18.9. The summed E-state index contributed by atoms with van der Waals surface area (Å²) in [4.78, 5) is 13.4. The predicted octanol–water partition coefficient (Wildman–Crippen LogP) is 6.64. The first-order chi connectivity index (χ1) is 15.2. The molecule has 0 radical (unpaired) electrons. The van der Waals surface area contributed by atoms with Gasteiger partial charge in [0.2, 0.25) is 0 Å². The lowest BCUT2D eigenvalue weighted by Crippen LogP contribution is -2.25. The van der Waals surface area contributed by atoms with Gasteiger partial charge in [-0.25, -0.2) is 4.68 Å². The Morgan fingerprint density at radius 2 is 1.65 bits per heavy atom. The third-order valence-corrected chi connectivity index (χ3v) is 6.59. The van der Waals surface area contributed by atoms with Gasteiger partial charge in [-0.2, -0.15) is 0 Å². The number of aromatic nitrogens is 2. The Bertz CT molecular complexity index is 1240. The number of benzene rings is 3. The van der Waals surface area contributed by atoms with E-state index < -0.39 is 0 Å². The summed E-state index contributed by atoms with van der Waals surface area (Å²) in [6.45, 7) is 0.524. The molecule has 0 N–H and O–H groups in total. The van der Waals surface area contributed by atoms with Crippen LogP contribution >= 0.6 is 15.9 Å². The van der Waals surface area contributed by atoms with E-state index in [4.69, 9.17) is 4.74 Å². The molecule has 0 amide bonds. The lowest BCUT2D eigenvalue weighted by atomic mass is 9.95. The van der Waals surface area contributed by atoms with E-state index in [0.717, 1.165) is 45.2 Å². The first-order valence-electron chi connectivity index (χ1n) is 10.9. The van der Waals surface area contributed by atoms with Crippen molar-refractivity contribution in [3.05, 3.63) is 93.2 Å². The Labute approximate surface area is 190 Å². The molecular weight excluding hydrogens is 452 g/mol. The van der Waals surface area contributed by atoms with Crippen LogP contribution in [0.1, 0.15) is 43.7 Å². The summed E-state index contributed by atoms with van der Waals surface area (Å²) in [5.74, 6) is 0.795. The summed E-state index contributed by atoms with van der Waals surface area (Å²) in [7, 11) is 0. The molecule has 1 aliphatic carbocycles. The Morgan fingerprint density at radius 1 is 0.903 bits per heavy atom. The minimum absolute atomic E-state index is 0.0276. The molecule has 0 unspecified atom stereocenters. The van der Waals surface area contributed by atoms with Crippen molar-refractivity contribution >= 4 is 26.8 Å². The van der Waals surface area contributed by atoms with E-state index in [1.165, 1.54) is 19.3 Å². The van der Waals surface area contributed by atoms with E-state index in [9.17, 15) is 4.79 Å². The predicted molar refractivity (Wildman–Crippen MR) is 128 cm³/mol. The van der Waals surface area contributed by atoms with Gasteiger partial charge in [0.1, 0.15) is 12.4 Å². The van der Waals surface area contributed by atoms with Gasteiger partial charge in [0.05, 0.1) is 22.6 Å². The molecular formula is C26H25BrN2O2. The third kappa shape index (κ3) is 4.07. The van der Waals surface area contributed by atoms with Gasteiger partial charge in [-0.05, 0) is 60.9 Å². The molecule has 0 bridgehead atoms. The van der Waals surface area contributed by atoms with Crippen molar-refractivity contribution in [2.24, 2.45) is 0 Å². The Balaban J connectivity index is 1.51. The fourth-order valence-corrected chi connectivity index (χ4v) is 4.91. The lowest BCUT2D eigenvalue weighted by Gasteiger charge is -2.26. The van der Waals surface area contributed by atoms with Gasteiger partial charge in [-0.1, -0.05) is 65.5 Å². The first kappa shape index (κ1) is 20.1. The highest BCUT2D eigenvalue weighted by Gasteiger charge is 2.23. The molecule has 4 nitrogen and oxygen atoms in total. The molecule has 31 heavy (non-hydrogen) atoms. The summed E-state index contributed by atoms with van der Waals surface area (Å²) < 4.78 is 10.9. The highest BCUT2D eigenvalue weighted by atomic mass is 79.9. The van der Waals surface area contributed by atoms with Gasteiger partial charge in [0.25, 0.3) is 5.56 Å². The van der Waals surface area contributed by atoms with Crippen LogP contribution in [0.3, 0.4) is 0 Å². The zero-order valence-electron chi connectivity index (χ0n) is 17.3. The zero-order chi connectivity index (χ0) is 21.2. The number of nitrogens with zero attached hydrogens (tertiary/aromatic N) is 2. The molecule has 0 spiro atoms. The van der Waals surface area contributed by atoms with Crippen LogP contribution in [0.4, 0.5) is 0 Å². The summed E-state index contributed by atoms with van der Waals surface area (Å²) >= 11 is 3.52. The van der Waals surface area contributed by atoms with E-state index in [1.54, 1.807) is 0 Å². The molecule has 1 heterocycles. The molecule has 1 aliphatic rings. The number of fused-ring (bicyclic) bond motifs is 1. The Morgan fingerprint density at radius 3 is 2.39 bits per heavy atom. The van der Waals surface area contributed by atoms with Crippen LogP contribution in [-0.2, 0) is 6.61 Å². The van der Waals surface area contributed by atoms with Crippen LogP contribution in [0.25, 0.3) is 16.6 Å². The number of hydrogen-bond donors (Lipinski definition) is 0. The minimum Gasteiger partial charge on any atom is -0.489 e. The van der Waals surface area contributed by atoms with E-state index >= 15 is 0 Å². The average molecular weight is 477 g/mol. The fourth-order valence-electron chi connectivity index (χ4n) is 4.55. The molecule has 0 atom stereocenters. The second-order valence-corrected chi connectivity index (χ2v) is 9.10. The van der Waals surface area contributed by atoms with Crippen LogP contribution in [0.2, 0.25) is 0 Å². The normalized spacial score (nSPS) is 14.7. The molecule has 158 valence electrons. The minimum atomic E-state index is 0.0276. The van der Waals surface area contributed by atoms with E-state index in [2.05, 4.69) is 38.8 Å². The SMILES string of the molecule is O=c1c2cc(Br)ccc2n(C2CCCCC2)n1-c1ccc(OCc2ccccc2)cc1. The van der Waals surface area contributed by atoms with Crippen molar-refractivity contribution < 1.29 is 4.74 Å². The molecule has 0 aliphatic heterocycles. The third-order valence-electron chi connectivity index (χ3n) is 6.09. The van der Waals surface area contributed by atoms with Gasteiger partial charge in [-0.3, -0.25) is 9.48 Å². The molecule has 0 saturated heterocycles. The molecule has 5 heteroatoms. The van der Waals surface area contributed by atoms with E-state index in [1.807, 2.05) is 59.3 Å². The second kappa shape index (κ2) is 8.75. The summed E-state index contributed by atoms with van der Waals surface area (Å²) in [6, 6.07) is 24.3. The van der Waals surface area contributed by atoms with Crippen molar-refractivity contribution in [1.82, 2.24) is 9.36 Å². The lowest BCUT2D eigenvalue weighted by molar-refractivity contribution is 0.305. The number of ether oxygens (including phenoxy) is 1. The molecule has 3 aromatic carbocycles. The Hall–Kier alpha value is -2.79. The molecule has 5 rings (SSSR count). The maximum atomic E-state index is 13.4. The molecule has 4 aromatic rings. The van der Waals surface area contributed by atoms with Crippen molar-refractivity contribution in [2.75, 3.05) is 0 Å². The number of hydrogen-bond acceptors (Lipinski definition) is 2. The Kier molecular flexibility index (Phi) is 5.68. The van der Waals surface area contributed by atoms with Crippen LogP contribution in [0.5, 0.6) is 5.75 Å². The average Bonchev–Trinajstić information content (AvgIpc) is 3.11. The molecule has 1 fully saturated rings. The van der Waals surface area contributed by atoms with Gasteiger partial charge in [0, 0.05) is 4.47 Å². The van der Waals surface area contributed by atoms with Crippen molar-refractivity contribution in [3.8, 4) is 11.4 Å². The highest BCUT2D eigenvalue weighted by Crippen LogP contribution is 2.32.